The fourth-order valence-corrected chi connectivity index (χ4v) is 2.82. The molecule has 0 atom stereocenters. The van der Waals surface area contributed by atoms with Crippen molar-refractivity contribution in [2.24, 2.45) is 4.99 Å². The van der Waals surface area contributed by atoms with Crippen LogP contribution >= 0.6 is 24.0 Å². The summed E-state index contributed by atoms with van der Waals surface area (Å²) >= 11 is 0. The van der Waals surface area contributed by atoms with Crippen LogP contribution in [0.25, 0.3) is 0 Å². The second kappa shape index (κ2) is 19.2. The molecular formula is C19H42IN5O. The molecule has 6 nitrogen and oxygen atoms in total. The van der Waals surface area contributed by atoms with Crippen LogP contribution in [0.3, 0.4) is 0 Å². The minimum atomic E-state index is 0. The molecule has 0 aliphatic rings. The summed E-state index contributed by atoms with van der Waals surface area (Å²) in [5.41, 5.74) is 0. The molecule has 1 amide bonds. The highest BCUT2D eigenvalue weighted by atomic mass is 127. The van der Waals surface area contributed by atoms with Crippen molar-refractivity contribution in [2.45, 2.75) is 60.3 Å². The summed E-state index contributed by atoms with van der Waals surface area (Å²) in [7, 11) is 0. The smallest absolute Gasteiger partial charge is 0.224 e. The van der Waals surface area contributed by atoms with E-state index in [1.165, 1.54) is 25.9 Å². The van der Waals surface area contributed by atoms with Gasteiger partial charge in [-0.15, -0.1) is 24.0 Å². The van der Waals surface area contributed by atoms with Gasteiger partial charge in [0.25, 0.3) is 0 Å². The number of carbonyl (C=O) groups excluding carboxylic acids is 1. The van der Waals surface area contributed by atoms with Crippen molar-refractivity contribution in [1.82, 2.24) is 20.4 Å². The van der Waals surface area contributed by atoms with Crippen molar-refractivity contribution >= 4 is 35.8 Å². The minimum Gasteiger partial charge on any atom is -0.357 e. The third-order valence-electron chi connectivity index (χ3n) is 4.07. The SMILES string of the molecule is CCCN(CCC)CCCN=C(NCC)NCCC(=O)N(CC)CC.I. The summed E-state index contributed by atoms with van der Waals surface area (Å²) in [5, 5.41) is 6.52. The van der Waals surface area contributed by atoms with Crippen molar-refractivity contribution in [3.8, 4) is 0 Å². The molecule has 0 aliphatic heterocycles. The molecule has 0 aromatic heterocycles. The van der Waals surface area contributed by atoms with E-state index < -0.39 is 0 Å². The number of guanidine groups is 1. The monoisotopic (exact) mass is 483 g/mol. The zero-order valence-electron chi connectivity index (χ0n) is 17.6. The number of hydrogen-bond acceptors (Lipinski definition) is 3. The third-order valence-corrected chi connectivity index (χ3v) is 4.07. The number of rotatable bonds is 14. The molecule has 0 saturated carbocycles. The molecule has 0 radical (unpaired) electrons. The molecule has 0 unspecified atom stereocenters. The highest BCUT2D eigenvalue weighted by molar-refractivity contribution is 14.0. The van der Waals surface area contributed by atoms with E-state index in [-0.39, 0.29) is 29.9 Å². The third kappa shape index (κ3) is 13.6. The number of carbonyl (C=O) groups is 1. The van der Waals surface area contributed by atoms with Gasteiger partial charge in [0.2, 0.25) is 5.91 Å². The van der Waals surface area contributed by atoms with E-state index in [9.17, 15) is 4.79 Å². The lowest BCUT2D eigenvalue weighted by Gasteiger charge is -2.20. The first-order valence-corrected chi connectivity index (χ1v) is 10.1. The Morgan fingerprint density at radius 2 is 1.54 bits per heavy atom. The number of aliphatic imine (C=N–C) groups is 1. The normalized spacial score (nSPS) is 11.2. The average molecular weight is 483 g/mol. The Morgan fingerprint density at radius 3 is 2.04 bits per heavy atom. The van der Waals surface area contributed by atoms with Gasteiger partial charge < -0.3 is 20.4 Å². The van der Waals surface area contributed by atoms with Crippen LogP contribution in [0, 0.1) is 0 Å². The van der Waals surface area contributed by atoms with Crippen molar-refractivity contribution in [3.05, 3.63) is 0 Å². The second-order valence-corrected chi connectivity index (χ2v) is 6.20. The Bertz CT molecular complexity index is 356. The number of nitrogens with one attached hydrogen (secondary N) is 2. The van der Waals surface area contributed by atoms with Crippen LogP contribution in [-0.4, -0.2) is 74.0 Å². The summed E-state index contributed by atoms with van der Waals surface area (Å²) in [5.74, 6) is 1.01. The Kier molecular flexibility index (Phi) is 20.4. The predicted octanol–water partition coefficient (Wildman–Crippen LogP) is 2.93. The van der Waals surface area contributed by atoms with Crippen LogP contribution in [0.15, 0.2) is 4.99 Å². The van der Waals surface area contributed by atoms with Crippen LogP contribution < -0.4 is 10.6 Å². The van der Waals surface area contributed by atoms with Gasteiger partial charge in [0.15, 0.2) is 5.96 Å². The van der Waals surface area contributed by atoms with Gasteiger partial charge in [-0.2, -0.15) is 0 Å². The summed E-state index contributed by atoms with van der Waals surface area (Å²) in [4.78, 5) is 21.0. The van der Waals surface area contributed by atoms with Crippen LogP contribution in [0.1, 0.15) is 60.3 Å². The zero-order chi connectivity index (χ0) is 18.9. The largest absolute Gasteiger partial charge is 0.357 e. The molecule has 0 rings (SSSR count). The Morgan fingerprint density at radius 1 is 0.923 bits per heavy atom. The molecule has 26 heavy (non-hydrogen) atoms. The van der Waals surface area contributed by atoms with E-state index in [4.69, 9.17) is 0 Å². The van der Waals surface area contributed by atoms with Crippen molar-refractivity contribution < 1.29 is 4.79 Å². The van der Waals surface area contributed by atoms with Gasteiger partial charge in [-0.25, -0.2) is 0 Å². The highest BCUT2D eigenvalue weighted by Gasteiger charge is 2.09. The number of nitrogens with zero attached hydrogens (tertiary/aromatic N) is 3. The van der Waals surface area contributed by atoms with Crippen molar-refractivity contribution in [1.29, 1.82) is 0 Å². The average Bonchev–Trinajstić information content (AvgIpc) is 2.60. The molecular weight excluding hydrogens is 441 g/mol. The lowest BCUT2D eigenvalue weighted by Crippen LogP contribution is -2.40. The van der Waals surface area contributed by atoms with Gasteiger partial charge in [-0.05, 0) is 59.7 Å². The van der Waals surface area contributed by atoms with E-state index in [1.54, 1.807) is 0 Å². The maximum atomic E-state index is 12.0. The van der Waals surface area contributed by atoms with Crippen LogP contribution in [0.5, 0.6) is 0 Å². The maximum Gasteiger partial charge on any atom is 0.224 e. The Labute approximate surface area is 178 Å². The molecule has 0 bridgehead atoms. The first-order chi connectivity index (χ1) is 12.1. The predicted molar refractivity (Wildman–Crippen MR) is 124 cm³/mol. The van der Waals surface area contributed by atoms with E-state index >= 15 is 0 Å². The fourth-order valence-electron chi connectivity index (χ4n) is 2.82. The van der Waals surface area contributed by atoms with Crippen molar-refractivity contribution in [2.75, 3.05) is 52.4 Å². The minimum absolute atomic E-state index is 0. The Hall–Kier alpha value is -0.570. The van der Waals surface area contributed by atoms with Crippen LogP contribution in [-0.2, 0) is 4.79 Å². The standard InChI is InChI=1S/C19H41N5O.HI/c1-6-15-23(16-7-2)17-11-13-21-19(20-8-3)22-14-12-18(25)24(9-4)10-5;/h6-17H2,1-5H3,(H2,20,21,22);1H. The summed E-state index contributed by atoms with van der Waals surface area (Å²) < 4.78 is 0. The number of halogens is 1. The van der Waals surface area contributed by atoms with E-state index in [2.05, 4.69) is 41.3 Å². The molecule has 0 aromatic carbocycles. The van der Waals surface area contributed by atoms with E-state index in [0.29, 0.717) is 13.0 Å². The molecule has 0 heterocycles. The topological polar surface area (TPSA) is 60.0 Å². The maximum absolute atomic E-state index is 12.0. The second-order valence-electron chi connectivity index (χ2n) is 6.20. The van der Waals surface area contributed by atoms with E-state index in [1.807, 2.05) is 18.7 Å². The van der Waals surface area contributed by atoms with Crippen LogP contribution in [0.2, 0.25) is 0 Å². The van der Waals surface area contributed by atoms with Crippen molar-refractivity contribution in [3.63, 3.8) is 0 Å². The number of hydrogen-bond donors (Lipinski definition) is 2. The lowest BCUT2D eigenvalue weighted by atomic mass is 10.3. The van der Waals surface area contributed by atoms with Gasteiger partial charge in [-0.3, -0.25) is 9.79 Å². The Balaban J connectivity index is 0. The zero-order valence-corrected chi connectivity index (χ0v) is 20.0. The lowest BCUT2D eigenvalue weighted by molar-refractivity contribution is -0.130. The fraction of sp³-hybridized carbons (Fsp3) is 0.895. The summed E-state index contributed by atoms with van der Waals surface area (Å²) in [6, 6.07) is 0. The number of amides is 1. The molecule has 0 aliphatic carbocycles. The van der Waals surface area contributed by atoms with Gasteiger partial charge in [0.1, 0.15) is 0 Å². The molecule has 0 spiro atoms. The molecule has 156 valence electrons. The summed E-state index contributed by atoms with van der Waals surface area (Å²) in [6.45, 7) is 17.8. The quantitative estimate of drug-likeness (QED) is 0.173. The first-order valence-electron chi connectivity index (χ1n) is 10.1. The van der Waals surface area contributed by atoms with Crippen LogP contribution in [0.4, 0.5) is 0 Å². The summed E-state index contributed by atoms with van der Waals surface area (Å²) in [6.07, 6.45) is 3.98. The van der Waals surface area contributed by atoms with Gasteiger partial charge in [0, 0.05) is 39.1 Å². The van der Waals surface area contributed by atoms with E-state index in [0.717, 1.165) is 45.1 Å². The molecule has 2 N–H and O–H groups in total. The van der Waals surface area contributed by atoms with Gasteiger partial charge in [0.05, 0.1) is 0 Å². The molecule has 0 aromatic rings. The molecule has 0 saturated heterocycles. The molecule has 0 fully saturated rings. The highest BCUT2D eigenvalue weighted by Crippen LogP contribution is 1.97. The van der Waals surface area contributed by atoms with Gasteiger partial charge in [-0.1, -0.05) is 13.8 Å². The molecule has 7 heteroatoms. The van der Waals surface area contributed by atoms with Gasteiger partial charge >= 0.3 is 0 Å². The first kappa shape index (κ1) is 27.6.